The number of thiazole rings is 1. The van der Waals surface area contributed by atoms with Gasteiger partial charge in [0.1, 0.15) is 0 Å². The number of morpholine rings is 1. The maximum atomic E-state index is 5.42. The molecule has 0 aromatic carbocycles. The number of aliphatic imine (C=N–C) groups is 1. The van der Waals surface area contributed by atoms with E-state index in [4.69, 9.17) is 9.73 Å². The van der Waals surface area contributed by atoms with E-state index in [2.05, 4.69) is 46.7 Å². The fraction of sp³-hybridized carbons (Fsp3) is 0.778. The van der Waals surface area contributed by atoms with Crippen molar-refractivity contribution in [3.05, 3.63) is 16.1 Å². The summed E-state index contributed by atoms with van der Waals surface area (Å²) in [4.78, 5) is 11.7. The van der Waals surface area contributed by atoms with Gasteiger partial charge in [-0.3, -0.25) is 9.89 Å². The molecule has 6 nitrogen and oxygen atoms in total. The van der Waals surface area contributed by atoms with Crippen LogP contribution in [0.15, 0.2) is 10.4 Å². The third kappa shape index (κ3) is 8.96. The molecule has 1 aromatic rings. The monoisotopic (exact) mass is 495 g/mol. The molecular formula is C18H34IN5OS. The number of aromatic nitrogens is 1. The van der Waals surface area contributed by atoms with E-state index in [0.29, 0.717) is 6.04 Å². The number of aryl methyl sites for hydroxylation is 2. The summed E-state index contributed by atoms with van der Waals surface area (Å²) in [7, 11) is 0. The highest BCUT2D eigenvalue weighted by molar-refractivity contribution is 14.0. The second kappa shape index (κ2) is 13.7. The lowest BCUT2D eigenvalue weighted by molar-refractivity contribution is 0.0220. The van der Waals surface area contributed by atoms with Crippen LogP contribution in [-0.4, -0.2) is 67.8 Å². The summed E-state index contributed by atoms with van der Waals surface area (Å²) < 4.78 is 5.42. The summed E-state index contributed by atoms with van der Waals surface area (Å²) >= 11 is 1.77. The van der Waals surface area contributed by atoms with E-state index in [-0.39, 0.29) is 24.0 Å². The van der Waals surface area contributed by atoms with Crippen molar-refractivity contribution in [1.29, 1.82) is 0 Å². The summed E-state index contributed by atoms with van der Waals surface area (Å²) in [6, 6.07) is 0.451. The lowest BCUT2D eigenvalue weighted by Gasteiger charge is -2.31. The topological polar surface area (TPSA) is 61.8 Å². The van der Waals surface area contributed by atoms with Gasteiger partial charge in [0.2, 0.25) is 0 Å². The summed E-state index contributed by atoms with van der Waals surface area (Å²) in [5.41, 5.74) is 1.13. The standard InChI is InChI=1S/C18H33N5OS.HI/c1-4-19-18(21-13-16(3)23-9-11-24-12-10-23)20-8-6-5-7-17-22-15(2)14-25-17;/h14,16H,4-13H2,1-3H3,(H2,19,20,21);1H. The van der Waals surface area contributed by atoms with E-state index in [1.165, 1.54) is 5.01 Å². The van der Waals surface area contributed by atoms with Crippen molar-refractivity contribution in [3.8, 4) is 0 Å². The molecule has 0 aliphatic carbocycles. The summed E-state index contributed by atoms with van der Waals surface area (Å²) in [6.07, 6.45) is 3.35. The Morgan fingerprint density at radius 1 is 1.35 bits per heavy atom. The first-order valence-corrected chi connectivity index (χ1v) is 10.3. The van der Waals surface area contributed by atoms with Crippen molar-refractivity contribution >= 4 is 41.3 Å². The summed E-state index contributed by atoms with van der Waals surface area (Å²) in [5.74, 6) is 0.924. The molecule has 2 heterocycles. The van der Waals surface area contributed by atoms with E-state index in [9.17, 15) is 0 Å². The van der Waals surface area contributed by atoms with Crippen molar-refractivity contribution in [2.24, 2.45) is 4.99 Å². The molecule has 1 aliphatic heterocycles. The lowest BCUT2D eigenvalue weighted by Crippen LogP contribution is -2.44. The van der Waals surface area contributed by atoms with E-state index in [1.807, 2.05) is 0 Å². The molecule has 1 aromatic heterocycles. The third-order valence-corrected chi connectivity index (χ3v) is 5.33. The average molecular weight is 495 g/mol. The molecule has 1 fully saturated rings. The number of halogens is 1. The van der Waals surface area contributed by atoms with Gasteiger partial charge in [-0.15, -0.1) is 35.3 Å². The quantitative estimate of drug-likeness (QED) is 0.239. The van der Waals surface area contributed by atoms with Crippen molar-refractivity contribution in [2.45, 2.75) is 46.1 Å². The van der Waals surface area contributed by atoms with E-state index >= 15 is 0 Å². The smallest absolute Gasteiger partial charge is 0.191 e. The molecule has 0 spiro atoms. The highest BCUT2D eigenvalue weighted by atomic mass is 127. The van der Waals surface area contributed by atoms with Crippen LogP contribution < -0.4 is 10.6 Å². The van der Waals surface area contributed by atoms with Gasteiger partial charge in [-0.2, -0.15) is 0 Å². The second-order valence-corrected chi connectivity index (χ2v) is 7.43. The Hall–Kier alpha value is -0.450. The minimum atomic E-state index is 0. The SMILES string of the molecule is CCNC(=NCC(C)N1CCOCC1)NCCCCc1nc(C)cs1.I. The minimum absolute atomic E-state index is 0. The minimum Gasteiger partial charge on any atom is -0.379 e. The number of ether oxygens (including phenoxy) is 1. The fourth-order valence-corrected chi connectivity index (χ4v) is 3.64. The van der Waals surface area contributed by atoms with Crippen LogP contribution in [0.2, 0.25) is 0 Å². The molecule has 1 unspecified atom stereocenters. The van der Waals surface area contributed by atoms with Gasteiger partial charge in [0.25, 0.3) is 0 Å². The fourth-order valence-electron chi connectivity index (χ4n) is 2.82. The van der Waals surface area contributed by atoms with Crippen LogP contribution in [-0.2, 0) is 11.2 Å². The van der Waals surface area contributed by atoms with Crippen molar-refractivity contribution in [1.82, 2.24) is 20.5 Å². The van der Waals surface area contributed by atoms with E-state index < -0.39 is 0 Å². The predicted molar refractivity (Wildman–Crippen MR) is 121 cm³/mol. The zero-order valence-corrected chi connectivity index (χ0v) is 19.4. The summed E-state index contributed by atoms with van der Waals surface area (Å²) in [5, 5.41) is 10.2. The Balaban J connectivity index is 0.00000338. The number of nitrogens with one attached hydrogen (secondary N) is 2. The van der Waals surface area contributed by atoms with E-state index in [1.54, 1.807) is 11.3 Å². The van der Waals surface area contributed by atoms with Crippen molar-refractivity contribution in [2.75, 3.05) is 45.9 Å². The van der Waals surface area contributed by atoms with Gasteiger partial charge in [-0.25, -0.2) is 4.98 Å². The molecule has 0 bridgehead atoms. The number of guanidine groups is 1. The molecule has 0 amide bonds. The first kappa shape index (κ1) is 23.6. The number of hydrogen-bond acceptors (Lipinski definition) is 5. The Bertz CT molecular complexity index is 519. The van der Waals surface area contributed by atoms with Crippen LogP contribution >= 0.6 is 35.3 Å². The van der Waals surface area contributed by atoms with Gasteiger partial charge in [0.15, 0.2) is 5.96 Å². The maximum absolute atomic E-state index is 5.42. The zero-order chi connectivity index (χ0) is 17.9. The van der Waals surface area contributed by atoms with E-state index in [0.717, 1.165) is 76.9 Å². The maximum Gasteiger partial charge on any atom is 0.191 e. The highest BCUT2D eigenvalue weighted by Gasteiger charge is 2.16. The normalized spacial score (nSPS) is 16.8. The lowest BCUT2D eigenvalue weighted by atomic mass is 10.2. The largest absolute Gasteiger partial charge is 0.379 e. The zero-order valence-electron chi connectivity index (χ0n) is 16.3. The Labute approximate surface area is 179 Å². The first-order chi connectivity index (χ1) is 12.2. The van der Waals surface area contributed by atoms with Crippen LogP contribution in [0.3, 0.4) is 0 Å². The molecule has 26 heavy (non-hydrogen) atoms. The van der Waals surface area contributed by atoms with Crippen LogP contribution in [0.1, 0.15) is 37.4 Å². The Kier molecular flexibility index (Phi) is 12.4. The van der Waals surface area contributed by atoms with Crippen LogP contribution in [0, 0.1) is 6.92 Å². The predicted octanol–water partition coefficient (Wildman–Crippen LogP) is 2.67. The van der Waals surface area contributed by atoms with Crippen LogP contribution in [0.25, 0.3) is 0 Å². The molecule has 0 radical (unpaired) electrons. The van der Waals surface area contributed by atoms with Crippen molar-refractivity contribution in [3.63, 3.8) is 0 Å². The Morgan fingerprint density at radius 2 is 2.12 bits per heavy atom. The molecule has 1 atom stereocenters. The number of rotatable bonds is 9. The van der Waals surface area contributed by atoms with Gasteiger partial charge in [0, 0.05) is 43.3 Å². The second-order valence-electron chi connectivity index (χ2n) is 6.48. The molecule has 2 N–H and O–H groups in total. The van der Waals surface area contributed by atoms with Crippen molar-refractivity contribution < 1.29 is 4.74 Å². The highest BCUT2D eigenvalue weighted by Crippen LogP contribution is 2.11. The molecule has 8 heteroatoms. The summed E-state index contributed by atoms with van der Waals surface area (Å²) in [6.45, 7) is 12.7. The molecule has 1 aliphatic rings. The van der Waals surface area contributed by atoms with Gasteiger partial charge < -0.3 is 15.4 Å². The first-order valence-electron chi connectivity index (χ1n) is 9.44. The van der Waals surface area contributed by atoms with Gasteiger partial charge in [-0.1, -0.05) is 0 Å². The van der Waals surface area contributed by atoms with Crippen LogP contribution in [0.5, 0.6) is 0 Å². The van der Waals surface area contributed by atoms with Crippen LogP contribution in [0.4, 0.5) is 0 Å². The molecule has 0 saturated carbocycles. The van der Waals surface area contributed by atoms with Gasteiger partial charge in [-0.05, 0) is 40.0 Å². The Morgan fingerprint density at radius 3 is 2.77 bits per heavy atom. The molecule has 150 valence electrons. The molecule has 1 saturated heterocycles. The number of unbranched alkanes of at least 4 members (excludes halogenated alkanes) is 1. The molecular weight excluding hydrogens is 461 g/mol. The average Bonchev–Trinajstić information content (AvgIpc) is 3.05. The van der Waals surface area contributed by atoms with Gasteiger partial charge >= 0.3 is 0 Å². The number of nitrogens with zero attached hydrogens (tertiary/aromatic N) is 3. The molecule has 2 rings (SSSR count). The van der Waals surface area contributed by atoms with Gasteiger partial charge in [0.05, 0.1) is 24.8 Å². The number of hydrogen-bond donors (Lipinski definition) is 2. The third-order valence-electron chi connectivity index (χ3n) is 4.30.